The van der Waals surface area contributed by atoms with E-state index < -0.39 is 16.8 Å². The molecule has 0 aromatic heterocycles. The summed E-state index contributed by atoms with van der Waals surface area (Å²) in [4.78, 5) is 23.7. The number of carbonyl (C=O) groups excluding carboxylic acids is 1. The third-order valence-electron chi connectivity index (χ3n) is 2.71. The fourth-order valence-electron chi connectivity index (χ4n) is 1.96. The Balaban J connectivity index is 2.31. The van der Waals surface area contributed by atoms with Crippen molar-refractivity contribution in [3.8, 4) is 0 Å². The van der Waals surface area contributed by atoms with Gasteiger partial charge in [0.2, 0.25) is 5.91 Å². The molecule has 0 saturated carbocycles. The van der Waals surface area contributed by atoms with Crippen LogP contribution in [0.25, 0.3) is 0 Å². The number of thioether (sulfide) groups is 1. The maximum absolute atomic E-state index is 11.2. The first-order valence-electron chi connectivity index (χ1n) is 4.27. The number of carboxylic acid groups (broad SMARTS) is 1. The molecule has 2 heterocycles. The molecule has 78 valence electrons. The second-order valence-electron chi connectivity index (χ2n) is 3.76. The van der Waals surface area contributed by atoms with Gasteiger partial charge in [-0.05, 0) is 6.92 Å². The van der Waals surface area contributed by atoms with Crippen LogP contribution in [-0.2, 0) is 9.59 Å². The van der Waals surface area contributed by atoms with Crippen LogP contribution in [0.1, 0.15) is 13.3 Å². The number of alkyl halides is 1. The topological polar surface area (TPSA) is 57.6 Å². The summed E-state index contributed by atoms with van der Waals surface area (Å²) in [6.07, 6.45) is 0.445. The summed E-state index contributed by atoms with van der Waals surface area (Å²) in [5.74, 6) is -0.797. The predicted octanol–water partition coefficient (Wildman–Crippen LogP) is 0.742. The van der Waals surface area contributed by atoms with Crippen LogP contribution in [0.5, 0.6) is 0 Å². The summed E-state index contributed by atoms with van der Waals surface area (Å²) in [7, 11) is 0. The van der Waals surface area contributed by atoms with Crippen LogP contribution in [0.3, 0.4) is 0 Å². The van der Waals surface area contributed by atoms with Crippen LogP contribution in [-0.4, -0.2) is 43.9 Å². The SMILES string of the molecule is C[C@@]1(CCl)S[C@@H]2CC(=O)N2C1C(=O)O. The number of carbonyl (C=O) groups is 2. The van der Waals surface area contributed by atoms with E-state index >= 15 is 0 Å². The van der Waals surface area contributed by atoms with Gasteiger partial charge in [0, 0.05) is 5.88 Å². The van der Waals surface area contributed by atoms with Crippen LogP contribution in [0.15, 0.2) is 0 Å². The third-order valence-corrected chi connectivity index (χ3v) is 4.99. The van der Waals surface area contributed by atoms with Gasteiger partial charge in [-0.15, -0.1) is 23.4 Å². The average Bonchev–Trinajstić information content (AvgIpc) is 2.35. The lowest BCUT2D eigenvalue weighted by Crippen LogP contribution is -2.57. The molecule has 0 bridgehead atoms. The first-order chi connectivity index (χ1) is 6.49. The second kappa shape index (κ2) is 3.03. The van der Waals surface area contributed by atoms with Gasteiger partial charge in [0.05, 0.1) is 16.5 Å². The molecule has 6 heteroatoms. The number of fused-ring (bicyclic) bond motifs is 1. The molecule has 2 aliphatic rings. The summed E-state index contributed by atoms with van der Waals surface area (Å²) >= 11 is 7.27. The minimum absolute atomic E-state index is 0.0207. The maximum Gasteiger partial charge on any atom is 0.327 e. The molecule has 0 aliphatic carbocycles. The van der Waals surface area contributed by atoms with Crippen molar-refractivity contribution in [2.75, 3.05) is 5.88 Å². The fraction of sp³-hybridized carbons (Fsp3) is 0.750. The second-order valence-corrected chi connectivity index (χ2v) is 5.74. The van der Waals surface area contributed by atoms with Crippen molar-refractivity contribution < 1.29 is 14.7 Å². The van der Waals surface area contributed by atoms with E-state index in [1.54, 1.807) is 6.92 Å². The monoisotopic (exact) mass is 235 g/mol. The molecule has 3 atom stereocenters. The van der Waals surface area contributed by atoms with Crippen LogP contribution in [0.2, 0.25) is 0 Å². The van der Waals surface area contributed by atoms with Gasteiger partial charge in [-0.3, -0.25) is 4.79 Å². The van der Waals surface area contributed by atoms with Crippen LogP contribution in [0, 0.1) is 0 Å². The Kier molecular flexibility index (Phi) is 2.19. The number of hydrogen-bond donors (Lipinski definition) is 1. The van der Waals surface area contributed by atoms with Gasteiger partial charge in [0.1, 0.15) is 6.04 Å². The van der Waals surface area contributed by atoms with E-state index in [2.05, 4.69) is 0 Å². The molecule has 2 rings (SSSR count). The lowest BCUT2D eigenvalue weighted by Gasteiger charge is -2.36. The highest BCUT2D eigenvalue weighted by atomic mass is 35.5. The van der Waals surface area contributed by atoms with Gasteiger partial charge >= 0.3 is 5.97 Å². The molecule has 2 aliphatic heterocycles. The molecule has 2 fully saturated rings. The van der Waals surface area contributed by atoms with Crippen molar-refractivity contribution in [3.63, 3.8) is 0 Å². The number of rotatable bonds is 2. The van der Waals surface area contributed by atoms with E-state index in [4.69, 9.17) is 16.7 Å². The van der Waals surface area contributed by atoms with Crippen molar-refractivity contribution in [2.24, 2.45) is 0 Å². The van der Waals surface area contributed by atoms with Gasteiger partial charge in [-0.1, -0.05) is 0 Å². The summed E-state index contributed by atoms with van der Waals surface area (Å²) in [6, 6.07) is -0.767. The first-order valence-corrected chi connectivity index (χ1v) is 5.69. The number of aliphatic carboxylic acids is 1. The third kappa shape index (κ3) is 1.15. The standard InChI is InChI=1S/C8H10ClNO3S/c1-8(3-9)6(7(12)13)10-4(11)2-5(10)14-8/h5-6H,2-3H2,1H3,(H,12,13)/t5-,6?,8+/m1/s1. The summed E-state index contributed by atoms with van der Waals surface area (Å²) in [5, 5.41) is 9.07. The van der Waals surface area contributed by atoms with Gasteiger partial charge in [0.25, 0.3) is 0 Å². The Morgan fingerprint density at radius 3 is 2.93 bits per heavy atom. The van der Waals surface area contributed by atoms with Gasteiger partial charge < -0.3 is 10.0 Å². The van der Waals surface area contributed by atoms with Crippen molar-refractivity contribution in [1.29, 1.82) is 0 Å². The molecular formula is C8H10ClNO3S. The Bertz CT molecular complexity index is 311. The summed E-state index contributed by atoms with van der Waals surface area (Å²) in [6.45, 7) is 1.80. The fourth-order valence-corrected chi connectivity index (χ4v) is 3.91. The highest BCUT2D eigenvalue weighted by Gasteiger charge is 2.60. The molecule has 0 aromatic rings. The van der Waals surface area contributed by atoms with Crippen molar-refractivity contribution in [2.45, 2.75) is 29.5 Å². The van der Waals surface area contributed by atoms with Gasteiger partial charge in [-0.25, -0.2) is 4.79 Å². The predicted molar refractivity (Wildman–Crippen MR) is 53.4 cm³/mol. The Morgan fingerprint density at radius 1 is 1.86 bits per heavy atom. The van der Waals surface area contributed by atoms with E-state index in [9.17, 15) is 9.59 Å². The zero-order chi connectivity index (χ0) is 10.5. The minimum atomic E-state index is -0.962. The normalized spacial score (nSPS) is 40.7. The van der Waals surface area contributed by atoms with E-state index in [1.807, 2.05) is 0 Å². The highest BCUT2D eigenvalue weighted by Crippen LogP contribution is 2.51. The molecule has 2 saturated heterocycles. The zero-order valence-corrected chi connectivity index (χ0v) is 9.14. The lowest BCUT2D eigenvalue weighted by atomic mass is 9.98. The van der Waals surface area contributed by atoms with E-state index in [1.165, 1.54) is 16.7 Å². The van der Waals surface area contributed by atoms with Crippen molar-refractivity contribution >= 4 is 35.2 Å². The van der Waals surface area contributed by atoms with Crippen LogP contribution in [0.4, 0.5) is 0 Å². The van der Waals surface area contributed by atoms with E-state index in [0.717, 1.165) is 0 Å². The smallest absolute Gasteiger partial charge is 0.327 e. The Hall–Kier alpha value is -0.420. The minimum Gasteiger partial charge on any atom is -0.480 e. The zero-order valence-electron chi connectivity index (χ0n) is 7.57. The van der Waals surface area contributed by atoms with Crippen molar-refractivity contribution in [3.05, 3.63) is 0 Å². The number of β-lactam (4-membered cyclic amide) rings is 1. The quantitative estimate of drug-likeness (QED) is 0.567. The summed E-state index contributed by atoms with van der Waals surface area (Å²) in [5.41, 5.74) is 0. The number of carboxylic acids is 1. The lowest BCUT2D eigenvalue weighted by molar-refractivity contribution is -0.157. The van der Waals surface area contributed by atoms with E-state index in [-0.39, 0.29) is 17.2 Å². The van der Waals surface area contributed by atoms with Gasteiger partial charge in [0.15, 0.2) is 0 Å². The molecule has 1 amide bonds. The van der Waals surface area contributed by atoms with Crippen LogP contribution < -0.4 is 0 Å². The maximum atomic E-state index is 11.2. The first kappa shape index (κ1) is 10.1. The molecule has 0 radical (unpaired) electrons. The molecular weight excluding hydrogens is 226 g/mol. The summed E-state index contributed by atoms with van der Waals surface area (Å²) < 4.78 is -0.551. The van der Waals surface area contributed by atoms with Crippen LogP contribution >= 0.6 is 23.4 Å². The Labute approximate surface area is 90.6 Å². The van der Waals surface area contributed by atoms with Crippen molar-refractivity contribution in [1.82, 2.24) is 4.90 Å². The molecule has 1 unspecified atom stereocenters. The highest BCUT2D eigenvalue weighted by molar-refractivity contribution is 8.01. The molecule has 14 heavy (non-hydrogen) atoms. The number of hydrogen-bond acceptors (Lipinski definition) is 3. The molecule has 4 nitrogen and oxygen atoms in total. The number of halogens is 1. The Morgan fingerprint density at radius 2 is 2.50 bits per heavy atom. The molecule has 1 N–H and O–H groups in total. The number of amides is 1. The van der Waals surface area contributed by atoms with E-state index in [0.29, 0.717) is 6.42 Å². The molecule has 0 aromatic carbocycles. The average molecular weight is 236 g/mol. The molecule has 0 spiro atoms. The number of nitrogens with zero attached hydrogens (tertiary/aromatic N) is 1. The largest absolute Gasteiger partial charge is 0.480 e. The van der Waals surface area contributed by atoms with Gasteiger partial charge in [-0.2, -0.15) is 0 Å².